The average molecular weight is 357 g/mol. The van der Waals surface area contributed by atoms with Crippen LogP contribution in [0.2, 0.25) is 0 Å². The minimum atomic E-state index is 0.431. The summed E-state index contributed by atoms with van der Waals surface area (Å²) < 4.78 is 11.0. The summed E-state index contributed by atoms with van der Waals surface area (Å²) in [5, 5.41) is 7.70. The van der Waals surface area contributed by atoms with E-state index in [-0.39, 0.29) is 0 Å². The Balaban J connectivity index is 1.95. The minimum Gasteiger partial charge on any atom is -0.493 e. The third kappa shape index (κ3) is 5.76. The number of anilines is 1. The van der Waals surface area contributed by atoms with Crippen LogP contribution in [0.1, 0.15) is 24.5 Å². The molecule has 0 bridgehead atoms. The highest BCUT2D eigenvalue weighted by molar-refractivity contribution is 7.80. The summed E-state index contributed by atoms with van der Waals surface area (Å²) in [7, 11) is 1.62. The lowest BCUT2D eigenvalue weighted by molar-refractivity contribution is 0.294. The summed E-state index contributed by atoms with van der Waals surface area (Å²) in [4.78, 5) is 0. The molecular formula is C19H23N3O2S. The number of para-hydroxylation sites is 1. The monoisotopic (exact) mass is 357 g/mol. The van der Waals surface area contributed by atoms with Crippen molar-refractivity contribution in [3.8, 4) is 11.5 Å². The predicted octanol–water partition coefficient (Wildman–Crippen LogP) is 4.11. The van der Waals surface area contributed by atoms with Crippen LogP contribution in [-0.4, -0.2) is 25.0 Å². The van der Waals surface area contributed by atoms with Crippen LogP contribution in [0.4, 0.5) is 5.69 Å². The van der Waals surface area contributed by atoms with Gasteiger partial charge in [0.25, 0.3) is 0 Å². The highest BCUT2D eigenvalue weighted by Crippen LogP contribution is 2.27. The molecule has 0 spiro atoms. The van der Waals surface area contributed by atoms with E-state index in [2.05, 4.69) is 22.8 Å². The molecule has 0 unspecified atom stereocenters. The van der Waals surface area contributed by atoms with Crippen molar-refractivity contribution < 1.29 is 9.47 Å². The molecule has 2 N–H and O–H groups in total. The van der Waals surface area contributed by atoms with Crippen LogP contribution in [0, 0.1) is 6.92 Å². The second kappa shape index (κ2) is 9.64. The van der Waals surface area contributed by atoms with Gasteiger partial charge >= 0.3 is 0 Å². The van der Waals surface area contributed by atoms with Gasteiger partial charge in [-0.25, -0.2) is 0 Å². The SMILES string of the molecule is CCCOc1ccc(/C=N\NC(=S)Nc2ccccc2C)cc1OC. The molecule has 0 heterocycles. The Morgan fingerprint density at radius 1 is 1.20 bits per heavy atom. The number of hydrogen-bond acceptors (Lipinski definition) is 4. The van der Waals surface area contributed by atoms with E-state index in [4.69, 9.17) is 21.7 Å². The Morgan fingerprint density at radius 2 is 2.00 bits per heavy atom. The lowest BCUT2D eigenvalue weighted by atomic mass is 10.2. The number of nitrogens with one attached hydrogen (secondary N) is 2. The zero-order valence-corrected chi connectivity index (χ0v) is 15.5. The Bertz CT molecular complexity index is 747. The van der Waals surface area contributed by atoms with Crippen LogP contribution in [0.3, 0.4) is 0 Å². The molecule has 0 saturated carbocycles. The zero-order chi connectivity index (χ0) is 18.1. The summed E-state index contributed by atoms with van der Waals surface area (Å²) in [5.41, 5.74) is 5.76. The topological polar surface area (TPSA) is 54.9 Å². The summed E-state index contributed by atoms with van der Waals surface area (Å²) in [6.07, 6.45) is 2.62. The van der Waals surface area contributed by atoms with Gasteiger partial charge < -0.3 is 14.8 Å². The lowest BCUT2D eigenvalue weighted by Gasteiger charge is -2.11. The van der Waals surface area contributed by atoms with Gasteiger partial charge in [-0.2, -0.15) is 5.10 Å². The molecule has 0 atom stereocenters. The standard InChI is InChI=1S/C19H23N3O2S/c1-4-11-24-17-10-9-15(12-18(17)23-3)13-20-22-19(25)21-16-8-6-5-7-14(16)2/h5-10,12-13H,4,11H2,1-3H3,(H2,21,22,25)/b20-13-. The van der Waals surface area contributed by atoms with E-state index in [1.54, 1.807) is 13.3 Å². The molecule has 25 heavy (non-hydrogen) atoms. The predicted molar refractivity (Wildman–Crippen MR) is 107 cm³/mol. The van der Waals surface area contributed by atoms with Crippen molar-refractivity contribution in [3.63, 3.8) is 0 Å². The Hall–Kier alpha value is -2.60. The summed E-state index contributed by atoms with van der Waals surface area (Å²) in [6, 6.07) is 13.6. The number of benzene rings is 2. The van der Waals surface area contributed by atoms with Crippen LogP contribution < -0.4 is 20.2 Å². The van der Waals surface area contributed by atoms with Crippen molar-refractivity contribution in [2.75, 3.05) is 19.0 Å². The fraction of sp³-hybridized carbons (Fsp3) is 0.263. The Labute approximate surface area is 154 Å². The highest BCUT2D eigenvalue weighted by atomic mass is 32.1. The molecule has 0 saturated heterocycles. The van der Waals surface area contributed by atoms with E-state index < -0.39 is 0 Å². The van der Waals surface area contributed by atoms with Gasteiger partial charge in [-0.15, -0.1) is 0 Å². The van der Waals surface area contributed by atoms with Crippen molar-refractivity contribution in [1.82, 2.24) is 5.43 Å². The normalized spacial score (nSPS) is 10.5. The second-order valence-electron chi connectivity index (χ2n) is 5.40. The average Bonchev–Trinajstić information content (AvgIpc) is 2.62. The molecule has 0 aliphatic rings. The van der Waals surface area contributed by atoms with E-state index in [1.165, 1.54) is 0 Å². The first kappa shape index (κ1) is 18.7. The van der Waals surface area contributed by atoms with Gasteiger partial charge in [0.05, 0.1) is 19.9 Å². The number of thiocarbonyl (C=S) groups is 1. The summed E-state index contributed by atoms with van der Waals surface area (Å²) in [6.45, 7) is 4.74. The van der Waals surface area contributed by atoms with Crippen molar-refractivity contribution in [1.29, 1.82) is 0 Å². The summed E-state index contributed by atoms with van der Waals surface area (Å²) >= 11 is 5.25. The molecule has 0 radical (unpaired) electrons. The van der Waals surface area contributed by atoms with E-state index in [9.17, 15) is 0 Å². The fourth-order valence-corrected chi connectivity index (χ4v) is 2.29. The third-order valence-electron chi connectivity index (χ3n) is 3.42. The highest BCUT2D eigenvalue weighted by Gasteiger charge is 2.04. The van der Waals surface area contributed by atoms with Crippen molar-refractivity contribution in [2.45, 2.75) is 20.3 Å². The maximum Gasteiger partial charge on any atom is 0.191 e. The number of methoxy groups -OCH3 is 1. The second-order valence-corrected chi connectivity index (χ2v) is 5.81. The minimum absolute atomic E-state index is 0.431. The van der Waals surface area contributed by atoms with Gasteiger partial charge in [0.15, 0.2) is 16.6 Å². The fourth-order valence-electron chi connectivity index (χ4n) is 2.12. The maximum absolute atomic E-state index is 5.64. The molecule has 132 valence electrons. The van der Waals surface area contributed by atoms with Gasteiger partial charge in [-0.3, -0.25) is 5.43 Å². The molecule has 0 fully saturated rings. The van der Waals surface area contributed by atoms with Gasteiger partial charge in [0.1, 0.15) is 0 Å². The molecule has 2 rings (SSSR count). The van der Waals surface area contributed by atoms with Crippen LogP contribution in [-0.2, 0) is 0 Å². The number of hydrazone groups is 1. The van der Waals surface area contributed by atoms with Gasteiger partial charge in [0.2, 0.25) is 0 Å². The molecule has 5 nitrogen and oxygen atoms in total. The molecule has 0 aromatic heterocycles. The van der Waals surface area contributed by atoms with E-state index in [0.29, 0.717) is 17.5 Å². The van der Waals surface area contributed by atoms with E-state index >= 15 is 0 Å². The lowest BCUT2D eigenvalue weighted by Crippen LogP contribution is -2.24. The maximum atomic E-state index is 5.64. The van der Waals surface area contributed by atoms with Gasteiger partial charge in [-0.1, -0.05) is 25.1 Å². The number of ether oxygens (including phenoxy) is 2. The summed E-state index contributed by atoms with van der Waals surface area (Å²) in [5.74, 6) is 1.41. The largest absolute Gasteiger partial charge is 0.493 e. The number of rotatable bonds is 7. The Kier molecular flexibility index (Phi) is 7.22. The number of nitrogens with zero attached hydrogens (tertiary/aromatic N) is 1. The molecule has 0 aliphatic carbocycles. The third-order valence-corrected chi connectivity index (χ3v) is 3.62. The van der Waals surface area contributed by atoms with Crippen LogP contribution in [0.5, 0.6) is 11.5 Å². The van der Waals surface area contributed by atoms with Crippen molar-refractivity contribution >= 4 is 29.2 Å². The van der Waals surface area contributed by atoms with Crippen LogP contribution >= 0.6 is 12.2 Å². The number of hydrogen-bond donors (Lipinski definition) is 2. The number of aryl methyl sites for hydroxylation is 1. The first-order valence-electron chi connectivity index (χ1n) is 8.10. The van der Waals surface area contributed by atoms with Crippen LogP contribution in [0.25, 0.3) is 0 Å². The molecule has 2 aromatic rings. The molecule has 6 heteroatoms. The van der Waals surface area contributed by atoms with Gasteiger partial charge in [-0.05, 0) is 61.0 Å². The molecule has 0 aliphatic heterocycles. The van der Waals surface area contributed by atoms with Crippen molar-refractivity contribution in [3.05, 3.63) is 53.6 Å². The first-order valence-corrected chi connectivity index (χ1v) is 8.51. The van der Waals surface area contributed by atoms with Crippen LogP contribution in [0.15, 0.2) is 47.6 Å². The Morgan fingerprint density at radius 3 is 2.72 bits per heavy atom. The molecular weight excluding hydrogens is 334 g/mol. The molecule has 0 amide bonds. The van der Waals surface area contributed by atoms with E-state index in [0.717, 1.165) is 29.0 Å². The smallest absolute Gasteiger partial charge is 0.191 e. The van der Waals surface area contributed by atoms with Crippen molar-refractivity contribution in [2.24, 2.45) is 5.10 Å². The first-order chi connectivity index (χ1) is 12.1. The molecule has 2 aromatic carbocycles. The zero-order valence-electron chi connectivity index (χ0n) is 14.7. The van der Waals surface area contributed by atoms with Gasteiger partial charge in [0, 0.05) is 5.69 Å². The quantitative estimate of drug-likeness (QED) is 0.444. The van der Waals surface area contributed by atoms with E-state index in [1.807, 2.05) is 49.4 Å².